The molecule has 0 bridgehead atoms. The number of hydrogen-bond acceptors (Lipinski definition) is 4. The average Bonchev–Trinajstić information content (AvgIpc) is 3.32. The van der Waals surface area contributed by atoms with Crippen LogP contribution in [0.25, 0.3) is 22.8 Å². The highest BCUT2D eigenvalue weighted by molar-refractivity contribution is 6.00. The first-order valence-electron chi connectivity index (χ1n) is 10.4. The van der Waals surface area contributed by atoms with Gasteiger partial charge in [0.1, 0.15) is 5.82 Å². The van der Waals surface area contributed by atoms with Crippen molar-refractivity contribution < 1.29 is 18.3 Å². The Hall–Kier alpha value is -3.77. The van der Waals surface area contributed by atoms with E-state index in [1.807, 2.05) is 31.2 Å². The molecule has 3 aromatic carbocycles. The Morgan fingerprint density at radius 1 is 0.969 bits per heavy atom. The summed E-state index contributed by atoms with van der Waals surface area (Å²) >= 11 is 0. The number of nitrogens with zero attached hydrogens (tertiary/aromatic N) is 1. The van der Waals surface area contributed by atoms with Crippen molar-refractivity contribution in [2.75, 3.05) is 6.61 Å². The number of carbonyl (C=O) groups is 1. The van der Waals surface area contributed by atoms with Crippen LogP contribution in [-0.4, -0.2) is 17.5 Å². The van der Waals surface area contributed by atoms with Crippen LogP contribution in [0.4, 0.5) is 4.39 Å². The maximum atomic E-state index is 14.1. The molecule has 0 unspecified atom stereocenters. The summed E-state index contributed by atoms with van der Waals surface area (Å²) in [6.45, 7) is 3.43. The largest absolute Gasteiger partial charge is 0.436 e. The normalized spacial score (nSPS) is 10.8. The lowest BCUT2D eigenvalue weighted by Gasteiger charge is -2.12. The Labute approximate surface area is 185 Å². The van der Waals surface area contributed by atoms with Gasteiger partial charge in [0.2, 0.25) is 5.89 Å². The molecule has 6 heteroatoms. The predicted molar refractivity (Wildman–Crippen MR) is 120 cm³/mol. The van der Waals surface area contributed by atoms with E-state index < -0.39 is 5.82 Å². The first-order valence-corrected chi connectivity index (χ1v) is 10.4. The molecule has 4 aromatic rings. The third-order valence-electron chi connectivity index (χ3n) is 5.07. The number of carbonyl (C=O) groups excluding carboxylic acids is 1. The summed E-state index contributed by atoms with van der Waals surface area (Å²) in [4.78, 5) is 17.3. The van der Waals surface area contributed by atoms with Gasteiger partial charge in [-0.1, -0.05) is 48.5 Å². The number of ether oxygens (including phenoxy) is 1. The minimum atomic E-state index is -0.396. The van der Waals surface area contributed by atoms with Crippen molar-refractivity contribution in [3.05, 3.63) is 102 Å². The SMILES string of the molecule is CCOCc1ccccc1CNC(=O)c1ccccc1-c1ncc(-c2ccccc2F)o1. The van der Waals surface area contributed by atoms with Gasteiger partial charge in [-0.25, -0.2) is 9.37 Å². The molecular formula is C26H23FN2O3. The first kappa shape index (κ1) is 21.5. The minimum Gasteiger partial charge on any atom is -0.436 e. The quantitative estimate of drug-likeness (QED) is 0.394. The summed E-state index contributed by atoms with van der Waals surface area (Å²) in [5, 5.41) is 2.97. The zero-order chi connectivity index (χ0) is 22.3. The van der Waals surface area contributed by atoms with E-state index >= 15 is 0 Å². The molecule has 0 radical (unpaired) electrons. The highest BCUT2D eigenvalue weighted by atomic mass is 19.1. The molecule has 1 amide bonds. The lowest BCUT2D eigenvalue weighted by Crippen LogP contribution is -2.24. The smallest absolute Gasteiger partial charge is 0.252 e. The first-order chi connectivity index (χ1) is 15.7. The van der Waals surface area contributed by atoms with Crippen LogP contribution < -0.4 is 5.32 Å². The van der Waals surface area contributed by atoms with E-state index in [1.165, 1.54) is 12.3 Å². The fraction of sp³-hybridized carbons (Fsp3) is 0.154. The molecule has 5 nitrogen and oxygen atoms in total. The molecule has 0 saturated carbocycles. The molecule has 0 atom stereocenters. The van der Waals surface area contributed by atoms with Gasteiger partial charge in [0.15, 0.2) is 5.76 Å². The van der Waals surface area contributed by atoms with Crippen molar-refractivity contribution in [2.24, 2.45) is 0 Å². The van der Waals surface area contributed by atoms with Gasteiger partial charge in [0.05, 0.1) is 23.9 Å². The van der Waals surface area contributed by atoms with E-state index in [9.17, 15) is 9.18 Å². The number of nitrogens with one attached hydrogen (secondary N) is 1. The Morgan fingerprint density at radius 3 is 2.44 bits per heavy atom. The van der Waals surface area contributed by atoms with Crippen molar-refractivity contribution in [3.8, 4) is 22.8 Å². The molecule has 0 fully saturated rings. The standard InChI is InChI=1S/C26H23FN2O3/c1-2-31-17-19-10-4-3-9-18(19)15-28-25(30)20-11-5-6-12-21(20)26-29-16-24(32-26)22-13-7-8-14-23(22)27/h3-14,16H,2,15,17H2,1H3,(H,28,30). The number of oxazole rings is 1. The molecule has 162 valence electrons. The third kappa shape index (κ3) is 4.76. The van der Waals surface area contributed by atoms with E-state index in [0.717, 1.165) is 11.1 Å². The number of halogens is 1. The van der Waals surface area contributed by atoms with Crippen molar-refractivity contribution in [2.45, 2.75) is 20.1 Å². The second-order valence-corrected chi connectivity index (χ2v) is 7.14. The summed E-state index contributed by atoms with van der Waals surface area (Å²) in [5.41, 5.74) is 3.31. The van der Waals surface area contributed by atoms with Crippen LogP contribution >= 0.6 is 0 Å². The number of hydrogen-bond donors (Lipinski definition) is 1. The van der Waals surface area contributed by atoms with Crippen LogP contribution in [-0.2, 0) is 17.9 Å². The molecule has 0 spiro atoms. The molecule has 4 rings (SSSR count). The van der Waals surface area contributed by atoms with Crippen molar-refractivity contribution in [1.29, 1.82) is 0 Å². The number of aromatic nitrogens is 1. The zero-order valence-corrected chi connectivity index (χ0v) is 17.7. The lowest BCUT2D eigenvalue weighted by molar-refractivity contribution is 0.0950. The minimum absolute atomic E-state index is 0.252. The van der Waals surface area contributed by atoms with Gasteiger partial charge in [-0.05, 0) is 42.3 Å². The summed E-state index contributed by atoms with van der Waals surface area (Å²) < 4.78 is 25.4. The maximum absolute atomic E-state index is 14.1. The molecule has 0 aliphatic heterocycles. The Bertz CT molecular complexity index is 1220. The fourth-order valence-corrected chi connectivity index (χ4v) is 3.41. The Balaban J connectivity index is 1.55. The van der Waals surface area contributed by atoms with Crippen LogP contribution in [0.5, 0.6) is 0 Å². The molecule has 0 saturated heterocycles. The van der Waals surface area contributed by atoms with Crippen molar-refractivity contribution in [1.82, 2.24) is 10.3 Å². The summed E-state index contributed by atoms with van der Waals surface area (Å²) in [6.07, 6.45) is 1.46. The van der Waals surface area contributed by atoms with Gasteiger partial charge < -0.3 is 14.5 Å². The Morgan fingerprint density at radius 2 is 1.66 bits per heavy atom. The molecule has 0 aliphatic carbocycles. The van der Waals surface area contributed by atoms with Gasteiger partial charge in [-0.3, -0.25) is 4.79 Å². The van der Waals surface area contributed by atoms with E-state index in [-0.39, 0.29) is 11.8 Å². The summed E-state index contributed by atoms with van der Waals surface area (Å²) in [6, 6.07) is 21.2. The topological polar surface area (TPSA) is 64.4 Å². The fourth-order valence-electron chi connectivity index (χ4n) is 3.41. The molecule has 1 N–H and O–H groups in total. The van der Waals surface area contributed by atoms with Gasteiger partial charge in [-0.15, -0.1) is 0 Å². The van der Waals surface area contributed by atoms with Crippen LogP contribution in [0.15, 0.2) is 83.4 Å². The number of rotatable bonds is 8. The molecular weight excluding hydrogens is 407 g/mol. The van der Waals surface area contributed by atoms with E-state index in [2.05, 4.69) is 10.3 Å². The van der Waals surface area contributed by atoms with E-state index in [0.29, 0.717) is 42.2 Å². The Kier molecular flexibility index (Phi) is 6.72. The van der Waals surface area contributed by atoms with Gasteiger partial charge >= 0.3 is 0 Å². The number of amides is 1. The molecule has 1 heterocycles. The molecule has 0 aliphatic rings. The third-order valence-corrected chi connectivity index (χ3v) is 5.07. The van der Waals surface area contributed by atoms with Crippen molar-refractivity contribution >= 4 is 5.91 Å². The predicted octanol–water partition coefficient (Wildman–Crippen LogP) is 5.61. The monoisotopic (exact) mass is 430 g/mol. The second-order valence-electron chi connectivity index (χ2n) is 7.14. The van der Waals surface area contributed by atoms with Gasteiger partial charge in [-0.2, -0.15) is 0 Å². The van der Waals surface area contributed by atoms with Gasteiger partial charge in [0.25, 0.3) is 5.91 Å². The average molecular weight is 430 g/mol. The van der Waals surface area contributed by atoms with Gasteiger partial charge in [0, 0.05) is 18.7 Å². The summed E-state index contributed by atoms with van der Waals surface area (Å²) in [5.74, 6) is -0.0895. The van der Waals surface area contributed by atoms with E-state index in [1.54, 1.807) is 42.5 Å². The highest BCUT2D eigenvalue weighted by Gasteiger charge is 2.18. The van der Waals surface area contributed by atoms with E-state index in [4.69, 9.17) is 9.15 Å². The highest BCUT2D eigenvalue weighted by Crippen LogP contribution is 2.29. The lowest BCUT2D eigenvalue weighted by atomic mass is 10.1. The second kappa shape index (κ2) is 10.0. The van der Waals surface area contributed by atoms with Crippen LogP contribution in [0.2, 0.25) is 0 Å². The van der Waals surface area contributed by atoms with Crippen molar-refractivity contribution in [3.63, 3.8) is 0 Å². The molecule has 1 aromatic heterocycles. The maximum Gasteiger partial charge on any atom is 0.252 e. The number of benzene rings is 3. The van der Waals surface area contributed by atoms with Crippen LogP contribution in [0.3, 0.4) is 0 Å². The zero-order valence-electron chi connectivity index (χ0n) is 17.7. The van der Waals surface area contributed by atoms with Crippen LogP contribution in [0, 0.1) is 5.82 Å². The molecule has 32 heavy (non-hydrogen) atoms. The summed E-state index contributed by atoms with van der Waals surface area (Å²) in [7, 11) is 0. The van der Waals surface area contributed by atoms with Crippen LogP contribution in [0.1, 0.15) is 28.4 Å².